The minimum atomic E-state index is 0.585. The van der Waals surface area contributed by atoms with Crippen LogP contribution in [0.15, 0.2) is 24.5 Å². The fourth-order valence-corrected chi connectivity index (χ4v) is 2.72. The van der Waals surface area contributed by atoms with E-state index in [1.165, 1.54) is 16.9 Å². The van der Waals surface area contributed by atoms with Crippen molar-refractivity contribution in [2.75, 3.05) is 31.6 Å². The van der Waals surface area contributed by atoms with E-state index >= 15 is 0 Å². The van der Waals surface area contributed by atoms with Gasteiger partial charge in [0.15, 0.2) is 5.13 Å². The monoisotopic (exact) mass is 301 g/mol. The molecule has 1 saturated heterocycles. The maximum atomic E-state index is 8.77. The minimum Gasteiger partial charge on any atom is -0.379 e. The Kier molecular flexibility index (Phi) is 4.40. The van der Waals surface area contributed by atoms with Crippen molar-refractivity contribution in [1.29, 1.82) is 5.26 Å². The molecule has 0 unspecified atom stereocenters. The van der Waals surface area contributed by atoms with Gasteiger partial charge in [0.25, 0.3) is 0 Å². The van der Waals surface area contributed by atoms with E-state index in [2.05, 4.69) is 32.3 Å². The van der Waals surface area contributed by atoms with E-state index in [9.17, 15) is 0 Å². The van der Waals surface area contributed by atoms with E-state index in [0.717, 1.165) is 38.7 Å². The second kappa shape index (κ2) is 6.63. The predicted molar refractivity (Wildman–Crippen MR) is 80.4 cm³/mol. The summed E-state index contributed by atoms with van der Waals surface area (Å²) >= 11 is 1.31. The maximum absolute atomic E-state index is 8.77. The number of thiazole rings is 1. The van der Waals surface area contributed by atoms with Gasteiger partial charge in [-0.2, -0.15) is 5.26 Å². The number of pyridine rings is 1. The van der Waals surface area contributed by atoms with Crippen molar-refractivity contribution in [2.45, 2.75) is 6.54 Å². The first-order chi connectivity index (χ1) is 10.3. The summed E-state index contributed by atoms with van der Waals surface area (Å²) in [5.74, 6) is 0.736. The maximum Gasteiger partial charge on any atom is 0.189 e. The molecule has 1 fully saturated rings. The third kappa shape index (κ3) is 3.76. The normalized spacial score (nSPS) is 15.6. The number of morpholine rings is 1. The smallest absolute Gasteiger partial charge is 0.189 e. The van der Waals surface area contributed by atoms with Crippen LogP contribution < -0.4 is 5.32 Å². The SMILES string of the molecule is N#Cc1cnc(Nc2ccc(CN3CCOCC3)cn2)s1. The van der Waals surface area contributed by atoms with Crippen LogP contribution in [0.5, 0.6) is 0 Å². The van der Waals surface area contributed by atoms with Gasteiger partial charge < -0.3 is 10.1 Å². The molecule has 2 aromatic heterocycles. The van der Waals surface area contributed by atoms with Crippen LogP contribution in [0.3, 0.4) is 0 Å². The summed E-state index contributed by atoms with van der Waals surface area (Å²) in [6.45, 7) is 4.44. The van der Waals surface area contributed by atoms with Gasteiger partial charge in [0.1, 0.15) is 16.8 Å². The second-order valence-corrected chi connectivity index (χ2v) is 5.74. The fraction of sp³-hybridized carbons (Fsp3) is 0.357. The number of hydrogen-bond acceptors (Lipinski definition) is 7. The number of ether oxygens (including phenoxy) is 1. The molecule has 0 saturated carbocycles. The van der Waals surface area contributed by atoms with E-state index in [0.29, 0.717) is 10.0 Å². The molecule has 0 atom stereocenters. The van der Waals surface area contributed by atoms with Gasteiger partial charge in [-0.05, 0) is 11.6 Å². The van der Waals surface area contributed by atoms with Gasteiger partial charge in [-0.25, -0.2) is 9.97 Å². The number of nitrogens with one attached hydrogen (secondary N) is 1. The summed E-state index contributed by atoms with van der Waals surface area (Å²) < 4.78 is 5.34. The Bertz CT molecular complexity index is 628. The van der Waals surface area contributed by atoms with Crippen LogP contribution in [0.4, 0.5) is 10.9 Å². The molecule has 1 N–H and O–H groups in total. The van der Waals surface area contributed by atoms with Crippen molar-refractivity contribution in [2.24, 2.45) is 0 Å². The second-order valence-electron chi connectivity index (χ2n) is 4.71. The Balaban J connectivity index is 1.59. The van der Waals surface area contributed by atoms with Crippen LogP contribution in [0.25, 0.3) is 0 Å². The minimum absolute atomic E-state index is 0.585. The largest absolute Gasteiger partial charge is 0.379 e. The predicted octanol–water partition coefficient (Wildman–Crippen LogP) is 1.99. The summed E-state index contributed by atoms with van der Waals surface area (Å²) in [6, 6.07) is 6.06. The first-order valence-corrected chi connectivity index (χ1v) is 7.53. The summed E-state index contributed by atoms with van der Waals surface area (Å²) in [6.07, 6.45) is 3.43. The summed E-state index contributed by atoms with van der Waals surface area (Å²) in [5.41, 5.74) is 1.18. The third-order valence-corrected chi connectivity index (χ3v) is 4.00. The zero-order chi connectivity index (χ0) is 14.5. The molecule has 21 heavy (non-hydrogen) atoms. The van der Waals surface area contributed by atoms with Crippen LogP contribution in [-0.2, 0) is 11.3 Å². The molecule has 1 aliphatic rings. The van der Waals surface area contributed by atoms with E-state index < -0.39 is 0 Å². The van der Waals surface area contributed by atoms with Crippen molar-refractivity contribution in [3.05, 3.63) is 35.0 Å². The average molecular weight is 301 g/mol. The van der Waals surface area contributed by atoms with Gasteiger partial charge in [-0.15, -0.1) is 0 Å². The molecule has 0 aromatic carbocycles. The Hall–Kier alpha value is -2.01. The zero-order valence-electron chi connectivity index (χ0n) is 11.5. The highest BCUT2D eigenvalue weighted by atomic mass is 32.1. The molecular weight excluding hydrogens is 286 g/mol. The van der Waals surface area contributed by atoms with Crippen LogP contribution >= 0.6 is 11.3 Å². The third-order valence-electron chi connectivity index (χ3n) is 3.19. The number of anilines is 2. The molecule has 108 valence electrons. The van der Waals surface area contributed by atoms with Gasteiger partial charge in [-0.3, -0.25) is 4.90 Å². The zero-order valence-corrected chi connectivity index (χ0v) is 12.3. The first kappa shape index (κ1) is 13.9. The van der Waals surface area contributed by atoms with E-state index in [4.69, 9.17) is 10.00 Å². The molecule has 0 bridgehead atoms. The molecule has 3 heterocycles. The Morgan fingerprint density at radius 1 is 1.29 bits per heavy atom. The number of aromatic nitrogens is 2. The van der Waals surface area contributed by atoms with Crippen LogP contribution in [-0.4, -0.2) is 41.2 Å². The highest BCUT2D eigenvalue weighted by molar-refractivity contribution is 7.16. The highest BCUT2D eigenvalue weighted by Crippen LogP contribution is 2.21. The van der Waals surface area contributed by atoms with Gasteiger partial charge in [0.05, 0.1) is 19.4 Å². The lowest BCUT2D eigenvalue weighted by atomic mass is 10.2. The molecule has 1 aliphatic heterocycles. The lowest BCUT2D eigenvalue weighted by Gasteiger charge is -2.26. The molecule has 6 nitrogen and oxygen atoms in total. The van der Waals surface area contributed by atoms with Gasteiger partial charge in [0.2, 0.25) is 0 Å². The van der Waals surface area contributed by atoms with Crippen molar-refractivity contribution in [3.63, 3.8) is 0 Å². The molecule has 0 spiro atoms. The highest BCUT2D eigenvalue weighted by Gasteiger charge is 2.10. The Morgan fingerprint density at radius 3 is 2.81 bits per heavy atom. The molecule has 0 radical (unpaired) electrons. The molecule has 0 aliphatic carbocycles. The number of nitriles is 1. The van der Waals surface area contributed by atoms with Gasteiger partial charge in [0, 0.05) is 25.8 Å². The van der Waals surface area contributed by atoms with Gasteiger partial charge >= 0.3 is 0 Å². The molecular formula is C14H15N5OS. The molecule has 2 aromatic rings. The quantitative estimate of drug-likeness (QED) is 0.931. The van der Waals surface area contributed by atoms with Crippen molar-refractivity contribution >= 4 is 22.3 Å². The van der Waals surface area contributed by atoms with Crippen molar-refractivity contribution in [1.82, 2.24) is 14.9 Å². The number of nitrogens with zero attached hydrogens (tertiary/aromatic N) is 4. The Labute approximate surface area is 127 Å². The standard InChI is InChI=1S/C14H15N5OS/c15-7-12-9-17-14(21-12)18-13-2-1-11(8-16-13)10-19-3-5-20-6-4-19/h1-2,8-9H,3-6,10H2,(H,16,17,18). The lowest BCUT2D eigenvalue weighted by Crippen LogP contribution is -2.35. The van der Waals surface area contributed by atoms with Crippen LogP contribution in [0.2, 0.25) is 0 Å². The molecule has 0 amide bonds. The summed E-state index contributed by atoms with van der Waals surface area (Å²) in [7, 11) is 0. The number of hydrogen-bond donors (Lipinski definition) is 1. The van der Waals surface area contributed by atoms with Gasteiger partial charge in [-0.1, -0.05) is 17.4 Å². The first-order valence-electron chi connectivity index (χ1n) is 6.71. The molecule has 7 heteroatoms. The summed E-state index contributed by atoms with van der Waals surface area (Å²) in [4.78, 5) is 11.4. The lowest BCUT2D eigenvalue weighted by molar-refractivity contribution is 0.0341. The van der Waals surface area contributed by atoms with E-state index in [1.54, 1.807) is 6.20 Å². The topological polar surface area (TPSA) is 74.1 Å². The summed E-state index contributed by atoms with van der Waals surface area (Å²) in [5, 5.41) is 12.6. The van der Waals surface area contributed by atoms with E-state index in [-0.39, 0.29) is 0 Å². The van der Waals surface area contributed by atoms with Crippen LogP contribution in [0, 0.1) is 11.3 Å². The number of rotatable bonds is 4. The fourth-order valence-electron chi connectivity index (χ4n) is 2.10. The van der Waals surface area contributed by atoms with Crippen molar-refractivity contribution < 1.29 is 4.74 Å². The van der Waals surface area contributed by atoms with Crippen molar-refractivity contribution in [3.8, 4) is 6.07 Å². The average Bonchev–Trinajstić information content (AvgIpc) is 2.98. The van der Waals surface area contributed by atoms with Crippen LogP contribution in [0.1, 0.15) is 10.4 Å². The van der Waals surface area contributed by atoms with E-state index in [1.807, 2.05) is 12.3 Å². The molecule has 3 rings (SSSR count). The Morgan fingerprint density at radius 2 is 2.14 bits per heavy atom.